The van der Waals surface area contributed by atoms with Crippen molar-refractivity contribution in [1.29, 1.82) is 0 Å². The van der Waals surface area contributed by atoms with Gasteiger partial charge in [-0.05, 0) is 0 Å². The van der Waals surface area contributed by atoms with Gasteiger partial charge in [0.05, 0.1) is 0 Å². The van der Waals surface area contributed by atoms with Crippen molar-refractivity contribution in [1.82, 2.24) is 0 Å². The molecule has 0 aliphatic heterocycles. The van der Waals surface area contributed by atoms with E-state index in [1.54, 1.807) is 12.2 Å². The molecule has 2 heteroatoms. The maximum absolute atomic E-state index is 4.65. The van der Waals surface area contributed by atoms with Crippen molar-refractivity contribution in [3.05, 3.63) is 25.3 Å². The summed E-state index contributed by atoms with van der Waals surface area (Å²) in [6.45, 7) is 7.76. The Morgan fingerprint density at radius 3 is 2.12 bits per heavy atom. The number of rotatable bonds is 4. The maximum Gasteiger partial charge on any atom is 0.246 e. The minimum Gasteiger partial charge on any atom is -0.418 e. The molecule has 0 aliphatic rings. The molecule has 0 unspecified atom stereocenters. The Labute approximate surface area is 53.6 Å². The van der Waals surface area contributed by atoms with Crippen LogP contribution in [0.15, 0.2) is 25.3 Å². The molecule has 0 spiro atoms. The SMILES string of the molecule is C=CC(C=C)CO[Si]. The highest BCUT2D eigenvalue weighted by Crippen LogP contribution is 1.96. The van der Waals surface area contributed by atoms with E-state index < -0.39 is 0 Å². The van der Waals surface area contributed by atoms with Gasteiger partial charge in [0, 0.05) is 12.5 Å². The van der Waals surface area contributed by atoms with E-state index in [-0.39, 0.29) is 5.92 Å². The Morgan fingerprint density at radius 2 is 2.00 bits per heavy atom. The normalized spacial score (nSPS) is 9.25. The summed E-state index contributed by atoms with van der Waals surface area (Å²) in [6.07, 6.45) is 3.57. The fourth-order valence-corrected chi connectivity index (χ4v) is 0.521. The van der Waals surface area contributed by atoms with Gasteiger partial charge >= 0.3 is 0 Å². The minimum absolute atomic E-state index is 0.257. The molecule has 0 N–H and O–H groups in total. The lowest BCUT2D eigenvalue weighted by molar-refractivity contribution is 0.326. The van der Waals surface area contributed by atoms with Gasteiger partial charge in [-0.15, -0.1) is 13.2 Å². The largest absolute Gasteiger partial charge is 0.418 e. The van der Waals surface area contributed by atoms with Gasteiger partial charge < -0.3 is 4.43 Å². The average Bonchev–Trinajstić information content (AvgIpc) is 1.83. The summed E-state index contributed by atoms with van der Waals surface area (Å²) in [5, 5.41) is 0. The first-order chi connectivity index (χ1) is 3.85. The van der Waals surface area contributed by atoms with E-state index >= 15 is 0 Å². The quantitative estimate of drug-likeness (QED) is 0.403. The van der Waals surface area contributed by atoms with Crippen molar-refractivity contribution in [3.63, 3.8) is 0 Å². The van der Waals surface area contributed by atoms with Crippen LogP contribution in [0, 0.1) is 5.92 Å². The summed E-state index contributed by atoms with van der Waals surface area (Å²) in [7, 11) is 2.88. The third-order valence-electron chi connectivity index (χ3n) is 0.881. The van der Waals surface area contributed by atoms with Gasteiger partial charge in [-0.2, -0.15) is 0 Å². The molecule has 0 aromatic heterocycles. The summed E-state index contributed by atoms with van der Waals surface area (Å²) in [4.78, 5) is 0. The van der Waals surface area contributed by atoms with Gasteiger partial charge in [-0.25, -0.2) is 0 Å². The fraction of sp³-hybridized carbons (Fsp3) is 0.333. The molecule has 0 saturated heterocycles. The summed E-state index contributed by atoms with van der Waals surface area (Å²) < 4.78 is 4.65. The van der Waals surface area contributed by atoms with Gasteiger partial charge in [-0.1, -0.05) is 12.2 Å². The van der Waals surface area contributed by atoms with Crippen LogP contribution in [-0.4, -0.2) is 17.1 Å². The Balaban J connectivity index is 3.35. The highest BCUT2D eigenvalue weighted by Gasteiger charge is 1.92. The third-order valence-corrected chi connectivity index (χ3v) is 1.05. The molecule has 1 nitrogen and oxygen atoms in total. The van der Waals surface area contributed by atoms with Crippen LogP contribution in [0.2, 0.25) is 0 Å². The second-order valence-electron chi connectivity index (χ2n) is 1.45. The Morgan fingerprint density at radius 1 is 1.50 bits per heavy atom. The Kier molecular flexibility index (Phi) is 4.60. The van der Waals surface area contributed by atoms with E-state index in [2.05, 4.69) is 28.1 Å². The van der Waals surface area contributed by atoms with Crippen molar-refractivity contribution in [2.75, 3.05) is 6.61 Å². The van der Waals surface area contributed by atoms with Gasteiger partial charge in [0.15, 0.2) is 0 Å². The van der Waals surface area contributed by atoms with Crippen LogP contribution in [0.5, 0.6) is 0 Å². The summed E-state index contributed by atoms with van der Waals surface area (Å²) in [5.41, 5.74) is 0. The van der Waals surface area contributed by atoms with Gasteiger partial charge in [0.25, 0.3) is 0 Å². The van der Waals surface area contributed by atoms with Crippen LogP contribution >= 0.6 is 0 Å². The van der Waals surface area contributed by atoms with E-state index in [4.69, 9.17) is 0 Å². The van der Waals surface area contributed by atoms with E-state index in [9.17, 15) is 0 Å². The minimum atomic E-state index is 0.257. The highest BCUT2D eigenvalue weighted by atomic mass is 28.2. The molecule has 8 heavy (non-hydrogen) atoms. The molecular formula is C6H9OSi. The van der Waals surface area contributed by atoms with Crippen LogP contribution in [0.3, 0.4) is 0 Å². The van der Waals surface area contributed by atoms with E-state index in [0.29, 0.717) is 6.61 Å². The van der Waals surface area contributed by atoms with Crippen molar-refractivity contribution in [3.8, 4) is 0 Å². The molecule has 0 heterocycles. The molecule has 0 bridgehead atoms. The maximum atomic E-state index is 4.65. The van der Waals surface area contributed by atoms with Gasteiger partial charge in [-0.3, -0.25) is 0 Å². The molecule has 0 saturated carbocycles. The second kappa shape index (κ2) is 4.81. The van der Waals surface area contributed by atoms with Crippen LogP contribution in [0.1, 0.15) is 0 Å². The highest BCUT2D eigenvalue weighted by molar-refractivity contribution is 5.97. The van der Waals surface area contributed by atoms with Crippen LogP contribution in [-0.2, 0) is 4.43 Å². The van der Waals surface area contributed by atoms with E-state index in [1.165, 1.54) is 0 Å². The first-order valence-electron chi connectivity index (χ1n) is 2.38. The lowest BCUT2D eigenvalue weighted by Crippen LogP contribution is -2.00. The summed E-state index contributed by atoms with van der Waals surface area (Å²) in [5.74, 6) is 0.257. The van der Waals surface area contributed by atoms with Crippen LogP contribution in [0.4, 0.5) is 0 Å². The van der Waals surface area contributed by atoms with Crippen LogP contribution in [0.25, 0.3) is 0 Å². The summed E-state index contributed by atoms with van der Waals surface area (Å²) in [6, 6.07) is 0. The summed E-state index contributed by atoms with van der Waals surface area (Å²) >= 11 is 0. The van der Waals surface area contributed by atoms with Crippen molar-refractivity contribution in [2.24, 2.45) is 5.92 Å². The zero-order valence-corrected chi connectivity index (χ0v) is 5.76. The molecule has 3 radical (unpaired) electrons. The lowest BCUT2D eigenvalue weighted by atomic mass is 10.2. The molecule has 0 fully saturated rings. The monoisotopic (exact) mass is 125 g/mol. The van der Waals surface area contributed by atoms with Gasteiger partial charge in [0.2, 0.25) is 10.5 Å². The molecule has 0 atom stereocenters. The third kappa shape index (κ3) is 2.77. The lowest BCUT2D eigenvalue weighted by Gasteiger charge is -2.02. The molecule has 0 aromatic rings. The van der Waals surface area contributed by atoms with Crippen molar-refractivity contribution >= 4 is 10.5 Å². The second-order valence-corrected chi connectivity index (χ2v) is 1.73. The molecule has 43 valence electrons. The predicted molar refractivity (Wildman–Crippen MR) is 35.6 cm³/mol. The Hall–Kier alpha value is -0.343. The zero-order chi connectivity index (χ0) is 6.41. The number of hydrogen-bond donors (Lipinski definition) is 0. The standard InChI is InChI=1S/C6H9OSi/c1-3-6(4-2)5-7-8/h3-4,6H,1-2,5H2. The van der Waals surface area contributed by atoms with Crippen LogP contribution < -0.4 is 0 Å². The average molecular weight is 125 g/mol. The predicted octanol–water partition coefficient (Wildman–Crippen LogP) is 1.07. The molecule has 0 aromatic carbocycles. The fourth-order valence-electron chi connectivity index (χ4n) is 0.329. The molecule has 0 aliphatic carbocycles. The molecule has 0 amide bonds. The topological polar surface area (TPSA) is 9.23 Å². The first-order valence-corrected chi connectivity index (χ1v) is 2.79. The van der Waals surface area contributed by atoms with E-state index in [1.807, 2.05) is 0 Å². The Bertz CT molecular complexity index is 72.6. The molecule has 0 rings (SSSR count). The van der Waals surface area contributed by atoms with Crippen molar-refractivity contribution in [2.45, 2.75) is 0 Å². The molecular weight excluding hydrogens is 116 g/mol. The first kappa shape index (κ1) is 7.66. The smallest absolute Gasteiger partial charge is 0.246 e. The van der Waals surface area contributed by atoms with Crippen molar-refractivity contribution < 1.29 is 4.43 Å². The van der Waals surface area contributed by atoms with Gasteiger partial charge in [0.1, 0.15) is 0 Å². The zero-order valence-electron chi connectivity index (χ0n) is 4.76. The van der Waals surface area contributed by atoms with E-state index in [0.717, 1.165) is 0 Å². The number of hydrogen-bond acceptors (Lipinski definition) is 1.